The molecule has 1 aromatic heterocycles. The number of nitrogens with one attached hydrogen (secondary N) is 1. The van der Waals surface area contributed by atoms with E-state index in [4.69, 9.17) is 9.97 Å². The van der Waals surface area contributed by atoms with Gasteiger partial charge in [-0.15, -0.1) is 0 Å². The molecule has 0 spiro atoms. The van der Waals surface area contributed by atoms with Crippen molar-refractivity contribution in [2.24, 2.45) is 5.92 Å². The van der Waals surface area contributed by atoms with Gasteiger partial charge in [-0.25, -0.2) is 4.98 Å². The van der Waals surface area contributed by atoms with E-state index in [0.29, 0.717) is 6.04 Å². The maximum atomic E-state index is 4.86. The Morgan fingerprint density at radius 2 is 1.70 bits per heavy atom. The van der Waals surface area contributed by atoms with Crippen LogP contribution in [-0.2, 0) is 6.42 Å². The lowest BCUT2D eigenvalue weighted by Gasteiger charge is -2.32. The van der Waals surface area contributed by atoms with E-state index in [-0.39, 0.29) is 0 Å². The first-order chi connectivity index (χ1) is 13.3. The van der Waals surface area contributed by atoms with Crippen molar-refractivity contribution in [2.75, 3.05) is 23.3 Å². The summed E-state index contributed by atoms with van der Waals surface area (Å²) in [5.41, 5.74) is 2.52. The molecule has 1 aliphatic carbocycles. The molecule has 144 valence electrons. The van der Waals surface area contributed by atoms with Gasteiger partial charge in [-0.1, -0.05) is 49.6 Å². The molecule has 0 unspecified atom stereocenters. The molecular weight excluding hydrogens is 332 g/mol. The van der Waals surface area contributed by atoms with Gasteiger partial charge < -0.3 is 10.2 Å². The number of rotatable bonds is 5. The Bertz CT molecular complexity index is 716. The largest absolute Gasteiger partial charge is 0.367 e. The molecule has 1 aromatic carbocycles. The van der Waals surface area contributed by atoms with Gasteiger partial charge >= 0.3 is 0 Å². The zero-order valence-electron chi connectivity index (χ0n) is 16.5. The summed E-state index contributed by atoms with van der Waals surface area (Å²) in [7, 11) is 0. The third kappa shape index (κ3) is 5.00. The molecule has 2 fully saturated rings. The van der Waals surface area contributed by atoms with Gasteiger partial charge in [0.25, 0.3) is 0 Å². The minimum atomic E-state index is 0.581. The maximum Gasteiger partial charge on any atom is 0.227 e. The second-order valence-corrected chi connectivity index (χ2v) is 8.29. The number of hydrogen-bond donors (Lipinski definition) is 1. The van der Waals surface area contributed by atoms with Gasteiger partial charge in [0.1, 0.15) is 5.82 Å². The summed E-state index contributed by atoms with van der Waals surface area (Å²) in [6, 6.07) is 13.6. The number of hydrogen-bond acceptors (Lipinski definition) is 4. The average Bonchev–Trinajstić information content (AvgIpc) is 2.70. The number of anilines is 2. The molecular formula is C23H32N4. The molecule has 0 radical (unpaired) electrons. The SMILES string of the molecule is Cc1cc(NC2CCCCC2)nc(N2CCC(Cc3ccccc3)CC2)n1. The van der Waals surface area contributed by atoms with Gasteiger partial charge in [0, 0.05) is 30.9 Å². The summed E-state index contributed by atoms with van der Waals surface area (Å²) >= 11 is 0. The van der Waals surface area contributed by atoms with Crippen LogP contribution in [0.15, 0.2) is 36.4 Å². The fourth-order valence-electron chi connectivity index (χ4n) is 4.51. The molecule has 2 heterocycles. The highest BCUT2D eigenvalue weighted by atomic mass is 15.3. The number of piperidine rings is 1. The van der Waals surface area contributed by atoms with Crippen molar-refractivity contribution in [1.29, 1.82) is 0 Å². The smallest absolute Gasteiger partial charge is 0.227 e. The maximum absolute atomic E-state index is 4.86. The van der Waals surface area contributed by atoms with Crippen molar-refractivity contribution in [3.8, 4) is 0 Å². The second kappa shape index (κ2) is 8.73. The third-order valence-corrected chi connectivity index (χ3v) is 6.06. The van der Waals surface area contributed by atoms with Crippen LogP contribution < -0.4 is 10.2 Å². The third-order valence-electron chi connectivity index (χ3n) is 6.06. The fourth-order valence-corrected chi connectivity index (χ4v) is 4.51. The van der Waals surface area contributed by atoms with Gasteiger partial charge in [-0.05, 0) is 50.5 Å². The lowest BCUT2D eigenvalue weighted by molar-refractivity contribution is 0.400. The van der Waals surface area contributed by atoms with E-state index in [2.05, 4.69) is 53.5 Å². The summed E-state index contributed by atoms with van der Waals surface area (Å²) < 4.78 is 0. The normalized spacial score (nSPS) is 19.2. The number of benzene rings is 1. The van der Waals surface area contributed by atoms with E-state index in [9.17, 15) is 0 Å². The van der Waals surface area contributed by atoms with Gasteiger partial charge in [-0.3, -0.25) is 0 Å². The molecule has 4 heteroatoms. The first kappa shape index (κ1) is 18.3. The molecule has 4 rings (SSSR count). The van der Waals surface area contributed by atoms with Gasteiger partial charge in [-0.2, -0.15) is 4.98 Å². The Balaban J connectivity index is 1.36. The first-order valence-electron chi connectivity index (χ1n) is 10.7. The van der Waals surface area contributed by atoms with E-state index >= 15 is 0 Å². The van der Waals surface area contributed by atoms with E-state index in [1.54, 1.807) is 0 Å². The summed E-state index contributed by atoms with van der Waals surface area (Å²) in [5, 5.41) is 3.66. The molecule has 27 heavy (non-hydrogen) atoms. The first-order valence-corrected chi connectivity index (χ1v) is 10.7. The monoisotopic (exact) mass is 364 g/mol. The standard InChI is InChI=1S/C23H32N4/c1-18-16-22(25-21-10-6-3-7-11-21)26-23(24-18)27-14-12-20(13-15-27)17-19-8-4-2-5-9-19/h2,4-5,8-9,16,20-21H,3,6-7,10-15,17H2,1H3,(H,24,25,26). The van der Waals surface area contributed by atoms with Crippen LogP contribution >= 0.6 is 0 Å². The van der Waals surface area contributed by atoms with E-state index in [1.807, 2.05) is 0 Å². The van der Waals surface area contributed by atoms with Crippen LogP contribution in [0.2, 0.25) is 0 Å². The highest BCUT2D eigenvalue weighted by Crippen LogP contribution is 2.26. The topological polar surface area (TPSA) is 41.1 Å². The molecule has 1 saturated carbocycles. The van der Waals surface area contributed by atoms with Gasteiger partial charge in [0.05, 0.1) is 0 Å². The van der Waals surface area contributed by atoms with Crippen molar-refractivity contribution in [2.45, 2.75) is 64.3 Å². The molecule has 0 bridgehead atoms. The highest BCUT2D eigenvalue weighted by molar-refractivity contribution is 5.44. The van der Waals surface area contributed by atoms with Crippen molar-refractivity contribution in [3.63, 3.8) is 0 Å². The van der Waals surface area contributed by atoms with Crippen molar-refractivity contribution in [3.05, 3.63) is 47.7 Å². The Hall–Kier alpha value is -2.10. The van der Waals surface area contributed by atoms with Crippen LogP contribution in [0.25, 0.3) is 0 Å². The summed E-state index contributed by atoms with van der Waals surface area (Å²) in [5.74, 6) is 2.69. The molecule has 4 nitrogen and oxygen atoms in total. The number of aromatic nitrogens is 2. The molecule has 1 aliphatic heterocycles. The molecule has 1 saturated heterocycles. The van der Waals surface area contributed by atoms with Crippen LogP contribution in [-0.4, -0.2) is 29.1 Å². The average molecular weight is 365 g/mol. The van der Waals surface area contributed by atoms with E-state index < -0.39 is 0 Å². The summed E-state index contributed by atoms with van der Waals surface area (Å²) in [4.78, 5) is 12.0. The second-order valence-electron chi connectivity index (χ2n) is 8.29. The molecule has 0 amide bonds. The minimum absolute atomic E-state index is 0.581. The van der Waals surface area contributed by atoms with Crippen LogP contribution in [0, 0.1) is 12.8 Å². The van der Waals surface area contributed by atoms with E-state index in [0.717, 1.165) is 36.5 Å². The molecule has 1 N–H and O–H groups in total. The Morgan fingerprint density at radius 3 is 2.44 bits per heavy atom. The molecule has 2 aliphatic rings. The lowest BCUT2D eigenvalue weighted by Crippen LogP contribution is -2.35. The van der Waals surface area contributed by atoms with E-state index in [1.165, 1.54) is 56.9 Å². The molecule has 2 aromatic rings. The van der Waals surface area contributed by atoms with Crippen LogP contribution in [0.1, 0.15) is 56.2 Å². The predicted molar refractivity (Wildman–Crippen MR) is 112 cm³/mol. The van der Waals surface area contributed by atoms with Crippen molar-refractivity contribution >= 4 is 11.8 Å². The van der Waals surface area contributed by atoms with Crippen molar-refractivity contribution < 1.29 is 0 Å². The minimum Gasteiger partial charge on any atom is -0.367 e. The molecule has 0 atom stereocenters. The Labute approximate surface area is 163 Å². The van der Waals surface area contributed by atoms with Crippen LogP contribution in [0.5, 0.6) is 0 Å². The highest BCUT2D eigenvalue weighted by Gasteiger charge is 2.22. The zero-order valence-corrected chi connectivity index (χ0v) is 16.5. The summed E-state index contributed by atoms with van der Waals surface area (Å²) in [6.07, 6.45) is 10.2. The van der Waals surface area contributed by atoms with Crippen LogP contribution in [0.3, 0.4) is 0 Å². The Kier molecular flexibility index (Phi) is 5.90. The number of aryl methyl sites for hydroxylation is 1. The Morgan fingerprint density at radius 1 is 0.963 bits per heavy atom. The van der Waals surface area contributed by atoms with Gasteiger partial charge in [0.15, 0.2) is 0 Å². The van der Waals surface area contributed by atoms with Gasteiger partial charge in [0.2, 0.25) is 5.95 Å². The fraction of sp³-hybridized carbons (Fsp3) is 0.565. The summed E-state index contributed by atoms with van der Waals surface area (Å²) in [6.45, 7) is 4.20. The van der Waals surface area contributed by atoms with Crippen molar-refractivity contribution in [1.82, 2.24) is 9.97 Å². The predicted octanol–water partition coefficient (Wildman–Crippen LogP) is 4.99. The zero-order chi connectivity index (χ0) is 18.5. The van der Waals surface area contributed by atoms with Crippen LogP contribution in [0.4, 0.5) is 11.8 Å². The number of nitrogens with zero attached hydrogens (tertiary/aromatic N) is 3. The lowest BCUT2D eigenvalue weighted by atomic mass is 9.90. The quantitative estimate of drug-likeness (QED) is 0.811.